The van der Waals surface area contributed by atoms with Crippen LogP contribution in [0.5, 0.6) is 11.5 Å². The highest BCUT2D eigenvalue weighted by molar-refractivity contribution is 5.95. The second-order valence-corrected chi connectivity index (χ2v) is 8.49. The van der Waals surface area contributed by atoms with Crippen LogP contribution >= 0.6 is 0 Å². The summed E-state index contributed by atoms with van der Waals surface area (Å²) in [4.78, 5) is 28.9. The molecule has 1 unspecified atom stereocenters. The van der Waals surface area contributed by atoms with Crippen molar-refractivity contribution < 1.29 is 19.1 Å². The normalized spacial score (nSPS) is 20.8. The van der Waals surface area contributed by atoms with E-state index in [-0.39, 0.29) is 17.9 Å². The highest BCUT2D eigenvalue weighted by Crippen LogP contribution is 2.38. The average Bonchev–Trinajstić information content (AvgIpc) is 3.38. The van der Waals surface area contributed by atoms with E-state index in [0.29, 0.717) is 26.1 Å². The molecule has 0 spiro atoms. The third-order valence-electron chi connectivity index (χ3n) is 6.41. The molecule has 3 aliphatic rings. The molecular formula is C25H28N2O4. The van der Waals surface area contributed by atoms with E-state index in [4.69, 9.17) is 9.47 Å². The van der Waals surface area contributed by atoms with Crippen LogP contribution in [0.15, 0.2) is 42.5 Å². The van der Waals surface area contributed by atoms with E-state index < -0.39 is 0 Å². The molecule has 6 heteroatoms. The van der Waals surface area contributed by atoms with Gasteiger partial charge in [-0.1, -0.05) is 18.2 Å². The first kappa shape index (κ1) is 19.9. The maximum Gasteiger partial charge on any atom is 0.227 e. The first-order valence-electron chi connectivity index (χ1n) is 11.3. The number of carbonyl (C=O) groups excluding carboxylic acids is 2. The topological polar surface area (TPSA) is 59.1 Å². The van der Waals surface area contributed by atoms with Crippen LogP contribution < -0.4 is 14.4 Å². The van der Waals surface area contributed by atoms with E-state index in [1.54, 1.807) is 0 Å². The van der Waals surface area contributed by atoms with E-state index in [9.17, 15) is 9.59 Å². The maximum atomic E-state index is 13.1. The lowest BCUT2D eigenvalue weighted by molar-refractivity contribution is -0.131. The molecule has 2 aromatic carbocycles. The highest BCUT2D eigenvalue weighted by atomic mass is 16.5. The van der Waals surface area contributed by atoms with Crippen molar-refractivity contribution in [3.63, 3.8) is 0 Å². The number of amides is 2. The minimum Gasteiger partial charge on any atom is -0.490 e. The minimum atomic E-state index is 0.0751. The van der Waals surface area contributed by atoms with Crippen LogP contribution in [0.3, 0.4) is 0 Å². The van der Waals surface area contributed by atoms with Crippen molar-refractivity contribution in [3.05, 3.63) is 53.6 Å². The van der Waals surface area contributed by atoms with Gasteiger partial charge in [-0.05, 0) is 54.7 Å². The Bertz CT molecular complexity index is 972. The van der Waals surface area contributed by atoms with E-state index >= 15 is 0 Å². The third-order valence-corrected chi connectivity index (χ3v) is 6.41. The Balaban J connectivity index is 1.28. The van der Waals surface area contributed by atoms with Gasteiger partial charge in [-0.25, -0.2) is 0 Å². The van der Waals surface area contributed by atoms with Crippen LogP contribution in [-0.2, 0) is 16.0 Å². The zero-order valence-electron chi connectivity index (χ0n) is 17.7. The Morgan fingerprint density at radius 3 is 2.52 bits per heavy atom. The van der Waals surface area contributed by atoms with E-state index in [2.05, 4.69) is 6.07 Å². The van der Waals surface area contributed by atoms with Gasteiger partial charge < -0.3 is 19.3 Å². The lowest BCUT2D eigenvalue weighted by atomic mass is 10.0. The monoisotopic (exact) mass is 420 g/mol. The summed E-state index contributed by atoms with van der Waals surface area (Å²) < 4.78 is 11.6. The summed E-state index contributed by atoms with van der Waals surface area (Å²) in [7, 11) is 0. The summed E-state index contributed by atoms with van der Waals surface area (Å²) in [5, 5.41) is 0. The van der Waals surface area contributed by atoms with Crippen LogP contribution in [0, 0.1) is 0 Å². The van der Waals surface area contributed by atoms with Gasteiger partial charge in [-0.3, -0.25) is 9.59 Å². The second-order valence-electron chi connectivity index (χ2n) is 8.49. The first-order valence-corrected chi connectivity index (χ1v) is 11.3. The Labute approximate surface area is 182 Å². The molecule has 2 amide bonds. The van der Waals surface area contributed by atoms with Crippen molar-refractivity contribution in [2.75, 3.05) is 31.2 Å². The van der Waals surface area contributed by atoms with Gasteiger partial charge in [-0.15, -0.1) is 0 Å². The number of rotatable bonds is 4. The predicted octanol–water partition coefficient (Wildman–Crippen LogP) is 3.88. The molecule has 2 fully saturated rings. The minimum absolute atomic E-state index is 0.0751. The van der Waals surface area contributed by atoms with Crippen molar-refractivity contribution in [2.45, 2.75) is 44.6 Å². The number of anilines is 1. The molecule has 0 N–H and O–H groups in total. The Kier molecular flexibility index (Phi) is 5.53. The predicted molar refractivity (Wildman–Crippen MR) is 117 cm³/mol. The molecule has 2 saturated heterocycles. The van der Waals surface area contributed by atoms with Gasteiger partial charge in [0, 0.05) is 31.6 Å². The average molecular weight is 421 g/mol. The summed E-state index contributed by atoms with van der Waals surface area (Å²) in [6.45, 7) is 2.88. The van der Waals surface area contributed by atoms with Gasteiger partial charge in [0.05, 0.1) is 25.7 Å². The number of nitrogens with zero attached hydrogens (tertiary/aromatic N) is 2. The van der Waals surface area contributed by atoms with Crippen LogP contribution in [0.2, 0.25) is 0 Å². The summed E-state index contributed by atoms with van der Waals surface area (Å²) >= 11 is 0. The summed E-state index contributed by atoms with van der Waals surface area (Å²) in [6.07, 6.45) is 4.74. The number of likely N-dealkylation sites (tertiary alicyclic amines) is 1. The Morgan fingerprint density at radius 1 is 0.935 bits per heavy atom. The smallest absolute Gasteiger partial charge is 0.227 e. The molecule has 162 valence electrons. The number of hydrogen-bond donors (Lipinski definition) is 0. The maximum absolute atomic E-state index is 13.1. The summed E-state index contributed by atoms with van der Waals surface area (Å²) in [5.41, 5.74) is 3.01. The standard InChI is InChI=1S/C25H28N2O4/c28-24-5-2-12-26(24)20-9-6-18(7-10-20)16-25(29)27-13-1-4-21(27)19-8-11-22-23(17-19)31-15-3-14-30-22/h6-11,17,21H,1-5,12-16H2. The summed E-state index contributed by atoms with van der Waals surface area (Å²) in [6, 6.07) is 14.0. The second kappa shape index (κ2) is 8.61. The third kappa shape index (κ3) is 4.11. The highest BCUT2D eigenvalue weighted by Gasteiger charge is 2.31. The molecular weight excluding hydrogens is 392 g/mol. The van der Waals surface area contributed by atoms with Crippen molar-refractivity contribution in [1.82, 2.24) is 4.90 Å². The molecule has 0 aromatic heterocycles. The molecule has 3 heterocycles. The largest absolute Gasteiger partial charge is 0.490 e. The zero-order valence-corrected chi connectivity index (χ0v) is 17.7. The lowest BCUT2D eigenvalue weighted by Crippen LogP contribution is -2.31. The number of fused-ring (bicyclic) bond motifs is 1. The van der Waals surface area contributed by atoms with Gasteiger partial charge in [-0.2, -0.15) is 0 Å². The fourth-order valence-corrected chi connectivity index (χ4v) is 4.79. The van der Waals surface area contributed by atoms with E-state index in [0.717, 1.165) is 67.1 Å². The van der Waals surface area contributed by atoms with E-state index in [1.807, 2.05) is 46.2 Å². The molecule has 0 aliphatic carbocycles. The fourth-order valence-electron chi connectivity index (χ4n) is 4.79. The molecule has 0 radical (unpaired) electrons. The molecule has 5 rings (SSSR count). The number of carbonyl (C=O) groups is 2. The van der Waals surface area contributed by atoms with Crippen molar-refractivity contribution in [2.24, 2.45) is 0 Å². The van der Waals surface area contributed by atoms with Gasteiger partial charge in [0.15, 0.2) is 11.5 Å². The molecule has 0 bridgehead atoms. The fraction of sp³-hybridized carbons (Fsp3) is 0.440. The van der Waals surface area contributed by atoms with Gasteiger partial charge in [0.1, 0.15) is 0 Å². The van der Waals surface area contributed by atoms with Crippen molar-refractivity contribution in [3.8, 4) is 11.5 Å². The number of benzene rings is 2. The zero-order chi connectivity index (χ0) is 21.2. The first-order chi connectivity index (χ1) is 15.2. The van der Waals surface area contributed by atoms with Gasteiger partial charge in [0.25, 0.3) is 0 Å². The number of hydrogen-bond acceptors (Lipinski definition) is 4. The lowest BCUT2D eigenvalue weighted by Gasteiger charge is -2.26. The molecule has 0 saturated carbocycles. The molecule has 2 aromatic rings. The van der Waals surface area contributed by atoms with Crippen molar-refractivity contribution >= 4 is 17.5 Å². The van der Waals surface area contributed by atoms with Crippen LogP contribution in [0.4, 0.5) is 5.69 Å². The SMILES string of the molecule is O=C1CCCN1c1ccc(CC(=O)N2CCCC2c2ccc3c(c2)OCCCO3)cc1. The van der Waals surface area contributed by atoms with Crippen LogP contribution in [0.25, 0.3) is 0 Å². The van der Waals surface area contributed by atoms with Crippen molar-refractivity contribution in [1.29, 1.82) is 0 Å². The molecule has 3 aliphatic heterocycles. The number of ether oxygens (including phenoxy) is 2. The van der Waals surface area contributed by atoms with Gasteiger partial charge >= 0.3 is 0 Å². The summed E-state index contributed by atoms with van der Waals surface area (Å²) in [5.74, 6) is 1.88. The Morgan fingerprint density at radius 2 is 1.74 bits per heavy atom. The molecule has 6 nitrogen and oxygen atoms in total. The Hall–Kier alpha value is -3.02. The van der Waals surface area contributed by atoms with E-state index in [1.165, 1.54) is 0 Å². The van der Waals surface area contributed by atoms with Crippen LogP contribution in [-0.4, -0.2) is 43.0 Å². The van der Waals surface area contributed by atoms with Crippen LogP contribution in [0.1, 0.15) is 49.3 Å². The van der Waals surface area contributed by atoms with Gasteiger partial charge in [0.2, 0.25) is 11.8 Å². The molecule has 1 atom stereocenters. The molecule has 31 heavy (non-hydrogen) atoms. The quantitative estimate of drug-likeness (QED) is 0.753.